The molecule has 0 spiro atoms. The molecule has 0 aromatic carbocycles. The van der Waals surface area contributed by atoms with Gasteiger partial charge in [0.25, 0.3) is 5.17 Å². The van der Waals surface area contributed by atoms with Gasteiger partial charge in [0.15, 0.2) is 5.78 Å². The van der Waals surface area contributed by atoms with Crippen LogP contribution in [0, 0.1) is 0 Å². The Balaban J connectivity index is 1.92. The van der Waals surface area contributed by atoms with Crippen molar-refractivity contribution in [3.63, 3.8) is 0 Å². The monoisotopic (exact) mass is 412 g/mol. The van der Waals surface area contributed by atoms with Crippen molar-refractivity contribution in [1.29, 1.82) is 0 Å². The number of Topliss-reactive ketones (excluding diaryl/α,β-unsaturated/α-hetero) is 1. The minimum atomic E-state index is -0.598. The first-order valence-corrected chi connectivity index (χ1v) is 9.74. The number of likely N-dealkylation sites (tertiary alicyclic amines) is 1. The average molecular weight is 413 g/mol. The fourth-order valence-corrected chi connectivity index (χ4v) is 3.14. The maximum Gasteiger partial charge on any atom is 0.410 e. The van der Waals surface area contributed by atoms with Gasteiger partial charge in [-0.1, -0.05) is 12.0 Å². The van der Waals surface area contributed by atoms with Crippen LogP contribution in [0.15, 0.2) is 0 Å². The summed E-state index contributed by atoms with van der Waals surface area (Å²) in [5.74, 6) is -0.0224. The molecule has 11 heteroatoms. The number of ether oxygens (including phenoxy) is 2. The quantitative estimate of drug-likeness (QED) is 0.696. The Labute approximate surface area is 169 Å². The Bertz CT molecular complexity index is 717. The number of rotatable bonds is 6. The molecule has 1 fully saturated rings. The molecule has 2 heterocycles. The van der Waals surface area contributed by atoms with Crippen molar-refractivity contribution >= 4 is 29.3 Å². The summed E-state index contributed by atoms with van der Waals surface area (Å²) in [6, 6.07) is -0.532. The van der Waals surface area contributed by atoms with Crippen molar-refractivity contribution in [3.05, 3.63) is 0 Å². The van der Waals surface area contributed by atoms with E-state index in [1.807, 2.05) is 27.7 Å². The molecule has 1 aliphatic rings. The zero-order valence-corrected chi connectivity index (χ0v) is 17.8. The van der Waals surface area contributed by atoms with Gasteiger partial charge in [-0.05, 0) is 62.7 Å². The fraction of sp³-hybridized carbons (Fsp3) is 0.765. The fourth-order valence-electron chi connectivity index (χ4n) is 2.90. The topological polar surface area (TPSA) is 111 Å². The number of thiocarbonyl (C=S) groups is 1. The summed E-state index contributed by atoms with van der Waals surface area (Å²) in [6.45, 7) is 7.89. The average Bonchev–Trinajstić information content (AvgIpc) is 3.22. The van der Waals surface area contributed by atoms with Crippen LogP contribution in [0.25, 0.3) is 0 Å². The molecule has 0 radical (unpaired) electrons. The second-order valence-electron chi connectivity index (χ2n) is 7.73. The van der Waals surface area contributed by atoms with E-state index in [4.69, 9.17) is 21.7 Å². The smallest absolute Gasteiger partial charge is 0.410 e. The number of aryl methyl sites for hydroxylation is 1. The van der Waals surface area contributed by atoms with Crippen LogP contribution in [0.5, 0.6) is 6.01 Å². The molecule has 156 valence electrons. The molecule has 1 aromatic rings. The molecule has 28 heavy (non-hydrogen) atoms. The van der Waals surface area contributed by atoms with Crippen LogP contribution in [0.3, 0.4) is 0 Å². The molecular formula is C17H28N6O4S. The Morgan fingerprint density at radius 1 is 1.39 bits per heavy atom. The molecule has 2 rings (SSSR count). The lowest BCUT2D eigenvalue weighted by molar-refractivity contribution is -0.123. The van der Waals surface area contributed by atoms with Gasteiger partial charge in [0.1, 0.15) is 5.60 Å². The number of ketones is 1. The molecule has 1 aromatic heterocycles. The van der Waals surface area contributed by atoms with Crippen molar-refractivity contribution in [1.82, 2.24) is 30.4 Å². The molecule has 1 unspecified atom stereocenters. The molecular weight excluding hydrogens is 384 g/mol. The van der Waals surface area contributed by atoms with Gasteiger partial charge in [-0.2, -0.15) is 4.68 Å². The lowest BCUT2D eigenvalue weighted by atomic mass is 10.0. The minimum Gasteiger partial charge on any atom is -0.444 e. The number of nitrogens with one attached hydrogen (secondary N) is 1. The van der Waals surface area contributed by atoms with Gasteiger partial charge in [-0.15, -0.1) is 0 Å². The Morgan fingerprint density at radius 2 is 2.11 bits per heavy atom. The van der Waals surface area contributed by atoms with Crippen LogP contribution in [-0.2, 0) is 16.6 Å². The van der Waals surface area contributed by atoms with E-state index in [1.165, 1.54) is 9.58 Å². The summed E-state index contributed by atoms with van der Waals surface area (Å²) in [5.41, 5.74) is -0.598. The first kappa shape index (κ1) is 22.0. The number of carbonyl (C=O) groups is 2. The Hall–Kier alpha value is -2.30. The highest BCUT2D eigenvalue weighted by Crippen LogP contribution is 2.23. The maximum atomic E-state index is 12.8. The normalized spacial score (nSPS) is 17.9. The summed E-state index contributed by atoms with van der Waals surface area (Å²) < 4.78 is 12.2. The van der Waals surface area contributed by atoms with Gasteiger partial charge < -0.3 is 14.8 Å². The molecule has 0 bridgehead atoms. The molecule has 0 saturated carbocycles. The molecule has 1 saturated heterocycles. The third-order valence-corrected chi connectivity index (χ3v) is 4.48. The molecule has 10 nitrogen and oxygen atoms in total. The SMILES string of the molecule is CCC(CC(=O)[C@@H]1CCCN1C(=O)OC(C)(C)C)NC(=S)Oc1nnnn1C. The van der Waals surface area contributed by atoms with E-state index in [9.17, 15) is 9.59 Å². The van der Waals surface area contributed by atoms with Crippen molar-refractivity contribution in [2.24, 2.45) is 7.05 Å². The van der Waals surface area contributed by atoms with Gasteiger partial charge in [-0.3, -0.25) is 9.69 Å². The molecule has 1 aliphatic heterocycles. The minimum absolute atomic E-state index is 0.0224. The largest absolute Gasteiger partial charge is 0.444 e. The third-order valence-electron chi connectivity index (χ3n) is 4.28. The maximum absolute atomic E-state index is 12.8. The van der Waals surface area contributed by atoms with E-state index in [1.54, 1.807) is 7.05 Å². The first-order valence-electron chi connectivity index (χ1n) is 9.33. The highest BCUT2D eigenvalue weighted by Gasteiger charge is 2.37. The van der Waals surface area contributed by atoms with E-state index in [0.717, 1.165) is 6.42 Å². The standard InChI is InChI=1S/C17H28N6O4S/c1-6-11(18-15(28)26-14-19-20-21-22(14)5)10-13(24)12-8-7-9-23(12)16(25)27-17(2,3)4/h11-12H,6-10H2,1-5H3,(H,18,28)/t11?,12-/m0/s1. The van der Waals surface area contributed by atoms with Crippen molar-refractivity contribution in [2.45, 2.75) is 71.1 Å². The predicted octanol–water partition coefficient (Wildman–Crippen LogP) is 1.60. The number of tetrazole rings is 1. The van der Waals surface area contributed by atoms with E-state index >= 15 is 0 Å². The number of hydrogen-bond acceptors (Lipinski definition) is 8. The number of aromatic nitrogens is 4. The van der Waals surface area contributed by atoms with Crippen molar-refractivity contribution in [3.8, 4) is 6.01 Å². The summed E-state index contributed by atoms with van der Waals surface area (Å²) in [4.78, 5) is 26.8. The van der Waals surface area contributed by atoms with Crippen LogP contribution in [0.4, 0.5) is 4.79 Å². The van der Waals surface area contributed by atoms with Gasteiger partial charge in [0.2, 0.25) is 0 Å². The third kappa shape index (κ3) is 6.11. The van der Waals surface area contributed by atoms with Crippen LogP contribution < -0.4 is 10.1 Å². The Morgan fingerprint density at radius 3 is 2.68 bits per heavy atom. The van der Waals surface area contributed by atoms with E-state index < -0.39 is 17.7 Å². The van der Waals surface area contributed by atoms with E-state index in [0.29, 0.717) is 19.4 Å². The van der Waals surface area contributed by atoms with Gasteiger partial charge in [-0.25, -0.2) is 4.79 Å². The highest BCUT2D eigenvalue weighted by molar-refractivity contribution is 7.80. The second kappa shape index (κ2) is 9.26. The highest BCUT2D eigenvalue weighted by atomic mass is 32.1. The van der Waals surface area contributed by atoms with Crippen LogP contribution in [-0.4, -0.2) is 66.4 Å². The van der Waals surface area contributed by atoms with Gasteiger partial charge >= 0.3 is 12.1 Å². The number of hydrogen-bond donors (Lipinski definition) is 1. The number of nitrogens with zero attached hydrogens (tertiary/aromatic N) is 5. The summed E-state index contributed by atoms with van der Waals surface area (Å²) in [6.07, 6.45) is 1.85. The molecule has 0 aliphatic carbocycles. The zero-order chi connectivity index (χ0) is 20.9. The second-order valence-corrected chi connectivity index (χ2v) is 8.10. The zero-order valence-electron chi connectivity index (χ0n) is 17.0. The van der Waals surface area contributed by atoms with Crippen molar-refractivity contribution in [2.75, 3.05) is 6.54 Å². The van der Waals surface area contributed by atoms with Crippen LogP contribution >= 0.6 is 12.2 Å². The van der Waals surface area contributed by atoms with Crippen molar-refractivity contribution < 1.29 is 19.1 Å². The summed E-state index contributed by atoms with van der Waals surface area (Å²) >= 11 is 5.18. The van der Waals surface area contributed by atoms with Gasteiger partial charge in [0.05, 0.1) is 6.04 Å². The molecule has 1 N–H and O–H groups in total. The van der Waals surface area contributed by atoms with E-state index in [2.05, 4.69) is 20.8 Å². The summed E-state index contributed by atoms with van der Waals surface area (Å²) in [7, 11) is 1.63. The first-order chi connectivity index (χ1) is 13.1. The predicted molar refractivity (Wildman–Crippen MR) is 105 cm³/mol. The molecule has 1 amide bonds. The lowest BCUT2D eigenvalue weighted by Gasteiger charge is -2.28. The summed E-state index contributed by atoms with van der Waals surface area (Å²) in [5, 5.41) is 13.9. The van der Waals surface area contributed by atoms with E-state index in [-0.39, 0.29) is 29.4 Å². The number of amides is 1. The van der Waals surface area contributed by atoms with Crippen LogP contribution in [0.1, 0.15) is 53.4 Å². The lowest BCUT2D eigenvalue weighted by Crippen LogP contribution is -2.46. The van der Waals surface area contributed by atoms with Gasteiger partial charge in [0, 0.05) is 26.1 Å². The van der Waals surface area contributed by atoms with Crippen LogP contribution in [0.2, 0.25) is 0 Å². The Kier molecular flexibility index (Phi) is 7.28. The number of carbonyl (C=O) groups excluding carboxylic acids is 2. The molecule has 2 atom stereocenters.